The van der Waals surface area contributed by atoms with Gasteiger partial charge in [-0.25, -0.2) is 0 Å². The first-order valence-electron chi connectivity index (χ1n) is 7.17. The Balaban J connectivity index is 1.90. The number of rotatable bonds is 4. The zero-order valence-electron chi connectivity index (χ0n) is 11.9. The van der Waals surface area contributed by atoms with E-state index < -0.39 is 0 Å². The normalized spacial score (nSPS) is 27.2. The van der Waals surface area contributed by atoms with Gasteiger partial charge in [-0.1, -0.05) is 19.8 Å². The summed E-state index contributed by atoms with van der Waals surface area (Å²) in [6.07, 6.45) is 5.18. The summed E-state index contributed by atoms with van der Waals surface area (Å²) in [6, 6.07) is 4.24. The van der Waals surface area contributed by atoms with Gasteiger partial charge in [0.25, 0.3) is 0 Å². The number of carbonyl (C=O) groups is 1. The van der Waals surface area contributed by atoms with E-state index in [0.717, 1.165) is 32.1 Å². The van der Waals surface area contributed by atoms with E-state index in [2.05, 4.69) is 24.4 Å². The molecule has 1 aliphatic carbocycles. The lowest BCUT2D eigenvalue weighted by Gasteiger charge is -2.37. The SMILES string of the molecule is CCc1ccc(CNC(=O)C2CCCCC2(C)N)s1. The summed E-state index contributed by atoms with van der Waals surface area (Å²) >= 11 is 1.78. The Morgan fingerprint density at radius 2 is 2.21 bits per heavy atom. The molecule has 0 bridgehead atoms. The van der Waals surface area contributed by atoms with Crippen molar-refractivity contribution in [3.8, 4) is 0 Å². The van der Waals surface area contributed by atoms with Gasteiger partial charge in [-0.05, 0) is 38.3 Å². The Morgan fingerprint density at radius 1 is 1.47 bits per heavy atom. The third kappa shape index (κ3) is 3.57. The fourth-order valence-corrected chi connectivity index (χ4v) is 3.69. The van der Waals surface area contributed by atoms with E-state index in [1.54, 1.807) is 11.3 Å². The molecule has 1 saturated carbocycles. The number of thiophene rings is 1. The van der Waals surface area contributed by atoms with Gasteiger partial charge in [0, 0.05) is 15.3 Å². The minimum atomic E-state index is -0.341. The van der Waals surface area contributed by atoms with E-state index in [-0.39, 0.29) is 17.4 Å². The predicted octanol–water partition coefficient (Wildman–Crippen LogP) is 2.83. The van der Waals surface area contributed by atoms with Gasteiger partial charge < -0.3 is 11.1 Å². The minimum absolute atomic E-state index is 0.0353. The molecule has 1 aromatic heterocycles. The second kappa shape index (κ2) is 6.06. The van der Waals surface area contributed by atoms with E-state index in [0.29, 0.717) is 6.54 Å². The standard InChI is InChI=1S/C15H24N2OS/c1-3-11-7-8-12(19-11)10-17-14(18)13-6-4-5-9-15(13,2)16/h7-8,13H,3-6,9-10,16H2,1-2H3,(H,17,18). The predicted molar refractivity (Wildman–Crippen MR) is 80.1 cm³/mol. The summed E-state index contributed by atoms with van der Waals surface area (Å²) in [5.41, 5.74) is 5.92. The van der Waals surface area contributed by atoms with Crippen molar-refractivity contribution in [3.63, 3.8) is 0 Å². The van der Waals surface area contributed by atoms with Crippen LogP contribution in [0.4, 0.5) is 0 Å². The highest BCUT2D eigenvalue weighted by molar-refractivity contribution is 7.11. The molecular formula is C15H24N2OS. The third-order valence-corrected chi connectivity index (χ3v) is 5.30. The highest BCUT2D eigenvalue weighted by Crippen LogP contribution is 2.31. The smallest absolute Gasteiger partial charge is 0.225 e. The molecule has 1 amide bonds. The monoisotopic (exact) mass is 280 g/mol. The molecule has 2 unspecified atom stereocenters. The fourth-order valence-electron chi connectivity index (χ4n) is 2.79. The molecule has 3 nitrogen and oxygen atoms in total. The molecule has 0 radical (unpaired) electrons. The van der Waals surface area contributed by atoms with Crippen molar-refractivity contribution >= 4 is 17.2 Å². The number of hydrogen-bond donors (Lipinski definition) is 2. The summed E-state index contributed by atoms with van der Waals surface area (Å²) in [5.74, 6) is 0.0861. The van der Waals surface area contributed by atoms with Crippen molar-refractivity contribution in [2.45, 2.75) is 58.0 Å². The van der Waals surface area contributed by atoms with E-state index in [9.17, 15) is 4.79 Å². The summed E-state index contributed by atoms with van der Waals surface area (Å²) < 4.78 is 0. The zero-order valence-corrected chi connectivity index (χ0v) is 12.7. The molecule has 4 heteroatoms. The van der Waals surface area contributed by atoms with Crippen LogP contribution >= 0.6 is 11.3 Å². The van der Waals surface area contributed by atoms with Crippen LogP contribution < -0.4 is 11.1 Å². The maximum absolute atomic E-state index is 12.3. The van der Waals surface area contributed by atoms with E-state index in [4.69, 9.17) is 5.73 Å². The van der Waals surface area contributed by atoms with Crippen molar-refractivity contribution in [2.75, 3.05) is 0 Å². The molecule has 3 N–H and O–H groups in total. The summed E-state index contributed by atoms with van der Waals surface area (Å²) in [5, 5.41) is 3.05. The van der Waals surface area contributed by atoms with E-state index in [1.807, 2.05) is 6.92 Å². The van der Waals surface area contributed by atoms with Crippen LogP contribution in [-0.4, -0.2) is 11.4 Å². The average molecular weight is 280 g/mol. The van der Waals surface area contributed by atoms with Crippen LogP contribution in [0.1, 0.15) is 49.3 Å². The van der Waals surface area contributed by atoms with Gasteiger partial charge in [-0.15, -0.1) is 11.3 Å². The number of nitrogens with one attached hydrogen (secondary N) is 1. The number of carbonyl (C=O) groups excluding carboxylic acids is 1. The summed E-state index contributed by atoms with van der Waals surface area (Å²) in [4.78, 5) is 14.9. The third-order valence-electron chi connectivity index (χ3n) is 4.07. The molecule has 0 aromatic carbocycles. The van der Waals surface area contributed by atoms with Gasteiger partial charge >= 0.3 is 0 Å². The lowest BCUT2D eigenvalue weighted by atomic mass is 9.74. The number of amides is 1. The quantitative estimate of drug-likeness (QED) is 0.891. The van der Waals surface area contributed by atoms with Gasteiger partial charge in [-0.3, -0.25) is 4.79 Å². The first-order chi connectivity index (χ1) is 9.03. The van der Waals surface area contributed by atoms with Crippen molar-refractivity contribution < 1.29 is 4.79 Å². The highest BCUT2D eigenvalue weighted by Gasteiger charge is 2.37. The Morgan fingerprint density at radius 3 is 2.84 bits per heavy atom. The first kappa shape index (κ1) is 14.5. The van der Waals surface area contributed by atoms with Gasteiger partial charge in [0.1, 0.15) is 0 Å². The molecule has 2 atom stereocenters. The largest absolute Gasteiger partial charge is 0.351 e. The van der Waals surface area contributed by atoms with Crippen LogP contribution in [0, 0.1) is 5.92 Å². The zero-order chi connectivity index (χ0) is 13.9. The van der Waals surface area contributed by atoms with Gasteiger partial charge in [-0.2, -0.15) is 0 Å². The van der Waals surface area contributed by atoms with Crippen LogP contribution in [-0.2, 0) is 17.8 Å². The molecule has 0 aliphatic heterocycles. The molecule has 106 valence electrons. The Bertz CT molecular complexity index is 439. The number of aryl methyl sites for hydroxylation is 1. The van der Waals surface area contributed by atoms with Crippen molar-refractivity contribution in [2.24, 2.45) is 11.7 Å². The lowest BCUT2D eigenvalue weighted by Crippen LogP contribution is -2.52. The van der Waals surface area contributed by atoms with Gasteiger partial charge in [0.15, 0.2) is 0 Å². The van der Waals surface area contributed by atoms with Gasteiger partial charge in [0.05, 0.1) is 12.5 Å². The second-order valence-corrected chi connectivity index (χ2v) is 7.00. The van der Waals surface area contributed by atoms with Crippen LogP contribution in [0.2, 0.25) is 0 Å². The minimum Gasteiger partial charge on any atom is -0.351 e. The Labute approximate surface area is 119 Å². The van der Waals surface area contributed by atoms with E-state index in [1.165, 1.54) is 9.75 Å². The molecule has 19 heavy (non-hydrogen) atoms. The molecule has 1 aromatic rings. The molecular weight excluding hydrogens is 256 g/mol. The van der Waals surface area contributed by atoms with Crippen molar-refractivity contribution in [1.29, 1.82) is 0 Å². The summed E-state index contributed by atoms with van der Waals surface area (Å²) in [7, 11) is 0. The van der Waals surface area contributed by atoms with Gasteiger partial charge in [0.2, 0.25) is 5.91 Å². The highest BCUT2D eigenvalue weighted by atomic mass is 32.1. The first-order valence-corrected chi connectivity index (χ1v) is 7.99. The Kier molecular flexibility index (Phi) is 4.63. The van der Waals surface area contributed by atoms with Crippen molar-refractivity contribution in [3.05, 3.63) is 21.9 Å². The molecule has 0 saturated heterocycles. The molecule has 1 aliphatic rings. The maximum atomic E-state index is 12.3. The lowest BCUT2D eigenvalue weighted by molar-refractivity contribution is -0.128. The maximum Gasteiger partial charge on any atom is 0.225 e. The second-order valence-electron chi connectivity index (χ2n) is 5.74. The van der Waals surface area contributed by atoms with Crippen LogP contribution in [0.25, 0.3) is 0 Å². The molecule has 1 heterocycles. The number of nitrogens with two attached hydrogens (primary N) is 1. The number of hydrogen-bond acceptors (Lipinski definition) is 3. The molecule has 1 fully saturated rings. The molecule has 2 rings (SSSR count). The topological polar surface area (TPSA) is 55.1 Å². The summed E-state index contributed by atoms with van der Waals surface area (Å²) in [6.45, 7) is 4.79. The molecule has 0 spiro atoms. The van der Waals surface area contributed by atoms with Crippen molar-refractivity contribution in [1.82, 2.24) is 5.32 Å². The average Bonchev–Trinajstić information content (AvgIpc) is 2.83. The Hall–Kier alpha value is -0.870. The fraction of sp³-hybridized carbons (Fsp3) is 0.667. The van der Waals surface area contributed by atoms with Crippen LogP contribution in [0.15, 0.2) is 12.1 Å². The van der Waals surface area contributed by atoms with E-state index >= 15 is 0 Å². The van der Waals surface area contributed by atoms with Crippen LogP contribution in [0.3, 0.4) is 0 Å². The van der Waals surface area contributed by atoms with Crippen LogP contribution in [0.5, 0.6) is 0 Å².